The highest BCUT2D eigenvalue weighted by atomic mass is 19.2. The molecular formula is C12H9F3N2O. The van der Waals surface area contributed by atoms with Crippen molar-refractivity contribution < 1.29 is 18.0 Å². The van der Waals surface area contributed by atoms with Gasteiger partial charge in [0.25, 0.3) is 5.91 Å². The maximum absolute atomic E-state index is 13.5. The lowest BCUT2D eigenvalue weighted by molar-refractivity contribution is -0.116. The van der Waals surface area contributed by atoms with E-state index in [4.69, 9.17) is 0 Å². The van der Waals surface area contributed by atoms with Crippen LogP contribution in [0.3, 0.4) is 0 Å². The Bertz CT molecular complexity index is 567. The number of benzene rings is 1. The van der Waals surface area contributed by atoms with Crippen LogP contribution in [0.4, 0.5) is 18.9 Å². The molecule has 0 saturated heterocycles. The summed E-state index contributed by atoms with van der Waals surface area (Å²) in [6.45, 7) is 0. The third kappa shape index (κ3) is 1.77. The summed E-state index contributed by atoms with van der Waals surface area (Å²) in [5.74, 6) is -3.61. The Morgan fingerprint density at radius 1 is 1.11 bits per heavy atom. The van der Waals surface area contributed by atoms with E-state index in [1.54, 1.807) is 0 Å². The lowest BCUT2D eigenvalue weighted by Crippen LogP contribution is -2.21. The number of nitrogens with zero attached hydrogens (tertiary/aromatic N) is 2. The van der Waals surface area contributed by atoms with Gasteiger partial charge in [0.1, 0.15) is 5.69 Å². The average molecular weight is 254 g/mol. The predicted octanol–water partition coefficient (Wildman–Crippen LogP) is 2.61. The highest BCUT2D eigenvalue weighted by Gasteiger charge is 2.36. The van der Waals surface area contributed by atoms with Gasteiger partial charge in [-0.15, -0.1) is 0 Å². The molecule has 1 heterocycles. The van der Waals surface area contributed by atoms with Gasteiger partial charge in [-0.3, -0.25) is 4.79 Å². The van der Waals surface area contributed by atoms with Crippen LogP contribution in [-0.2, 0) is 4.79 Å². The van der Waals surface area contributed by atoms with Gasteiger partial charge in [0, 0.05) is 12.1 Å². The zero-order chi connectivity index (χ0) is 12.9. The molecule has 1 fully saturated rings. The fourth-order valence-corrected chi connectivity index (χ4v) is 1.95. The number of halogens is 3. The van der Waals surface area contributed by atoms with Crippen molar-refractivity contribution in [2.45, 2.75) is 19.3 Å². The normalized spacial score (nSPS) is 19.4. The smallest absolute Gasteiger partial charge is 0.253 e. The molecular weight excluding hydrogens is 245 g/mol. The van der Waals surface area contributed by atoms with Crippen molar-refractivity contribution >= 4 is 17.3 Å². The quantitative estimate of drug-likeness (QED) is 0.747. The van der Waals surface area contributed by atoms with Gasteiger partial charge in [-0.1, -0.05) is 0 Å². The molecule has 3 nitrogen and oxygen atoms in total. The summed E-state index contributed by atoms with van der Waals surface area (Å²) in [5.41, 5.74) is 0.360. The Hall–Kier alpha value is -1.85. The Labute approximate surface area is 101 Å². The molecule has 0 unspecified atom stereocenters. The topological polar surface area (TPSA) is 32.7 Å². The number of hydrogen-bond donors (Lipinski definition) is 0. The minimum Gasteiger partial charge on any atom is -0.272 e. The maximum Gasteiger partial charge on any atom is 0.253 e. The van der Waals surface area contributed by atoms with Gasteiger partial charge < -0.3 is 0 Å². The number of carbonyl (C=O) groups is 1. The molecule has 1 aromatic carbocycles. The molecule has 0 aromatic heterocycles. The lowest BCUT2D eigenvalue weighted by Gasteiger charge is -2.12. The Kier molecular flexibility index (Phi) is 2.39. The first-order valence-electron chi connectivity index (χ1n) is 5.61. The van der Waals surface area contributed by atoms with Crippen LogP contribution in [0.2, 0.25) is 0 Å². The second-order valence-corrected chi connectivity index (χ2v) is 4.47. The Morgan fingerprint density at radius 2 is 1.78 bits per heavy atom. The van der Waals surface area contributed by atoms with Crippen LogP contribution in [0, 0.1) is 23.4 Å². The molecule has 1 aliphatic carbocycles. The fourth-order valence-electron chi connectivity index (χ4n) is 1.95. The molecule has 3 rings (SSSR count). The molecule has 0 spiro atoms. The number of amides is 1. The van der Waals surface area contributed by atoms with E-state index in [1.807, 2.05) is 0 Å². The van der Waals surface area contributed by atoms with Crippen LogP contribution < -0.4 is 5.01 Å². The number of rotatable bonds is 2. The molecule has 1 aromatic rings. The van der Waals surface area contributed by atoms with E-state index in [9.17, 15) is 18.0 Å². The van der Waals surface area contributed by atoms with Crippen LogP contribution in [-0.4, -0.2) is 11.6 Å². The number of hydrazone groups is 1. The van der Waals surface area contributed by atoms with E-state index < -0.39 is 23.4 Å². The largest absolute Gasteiger partial charge is 0.272 e. The molecule has 0 radical (unpaired) electrons. The van der Waals surface area contributed by atoms with Crippen molar-refractivity contribution in [2.24, 2.45) is 11.0 Å². The predicted molar refractivity (Wildman–Crippen MR) is 58.6 cm³/mol. The van der Waals surface area contributed by atoms with Crippen LogP contribution in [0.15, 0.2) is 17.2 Å². The van der Waals surface area contributed by atoms with Gasteiger partial charge in [0.2, 0.25) is 0 Å². The zero-order valence-corrected chi connectivity index (χ0v) is 9.29. The van der Waals surface area contributed by atoms with Crippen molar-refractivity contribution in [3.8, 4) is 0 Å². The summed E-state index contributed by atoms with van der Waals surface area (Å²) in [5, 5.41) is 4.83. The molecule has 0 atom stereocenters. The van der Waals surface area contributed by atoms with E-state index >= 15 is 0 Å². The monoisotopic (exact) mass is 254 g/mol. The molecule has 94 valence electrons. The SMILES string of the molecule is O=C1CC(C2CC2)=NN1c1cc(F)c(F)cc1F. The molecule has 0 bridgehead atoms. The molecule has 18 heavy (non-hydrogen) atoms. The van der Waals surface area contributed by atoms with Gasteiger partial charge in [-0.25, -0.2) is 13.2 Å². The van der Waals surface area contributed by atoms with E-state index in [2.05, 4.69) is 5.10 Å². The molecule has 1 amide bonds. The van der Waals surface area contributed by atoms with Crippen molar-refractivity contribution in [3.63, 3.8) is 0 Å². The van der Waals surface area contributed by atoms with Gasteiger partial charge in [-0.2, -0.15) is 10.1 Å². The second kappa shape index (κ2) is 3.83. The minimum absolute atomic E-state index is 0.128. The van der Waals surface area contributed by atoms with Crippen molar-refractivity contribution in [3.05, 3.63) is 29.6 Å². The summed E-state index contributed by atoms with van der Waals surface area (Å²) in [7, 11) is 0. The minimum atomic E-state index is -1.28. The van der Waals surface area contributed by atoms with E-state index in [0.717, 1.165) is 17.9 Å². The standard InChI is InChI=1S/C12H9F3N2O/c13-7-3-9(15)11(4-8(7)14)17-12(18)5-10(16-17)6-1-2-6/h3-4,6H,1-2,5H2. The van der Waals surface area contributed by atoms with E-state index in [0.29, 0.717) is 17.8 Å². The number of carbonyl (C=O) groups excluding carboxylic acids is 1. The molecule has 0 N–H and O–H groups in total. The van der Waals surface area contributed by atoms with Crippen molar-refractivity contribution in [1.29, 1.82) is 0 Å². The third-order valence-electron chi connectivity index (χ3n) is 3.06. The lowest BCUT2D eigenvalue weighted by atomic mass is 10.2. The highest BCUT2D eigenvalue weighted by molar-refractivity contribution is 6.14. The second-order valence-electron chi connectivity index (χ2n) is 4.47. The van der Waals surface area contributed by atoms with Crippen LogP contribution in [0.1, 0.15) is 19.3 Å². The van der Waals surface area contributed by atoms with E-state index in [1.165, 1.54) is 0 Å². The third-order valence-corrected chi connectivity index (χ3v) is 3.06. The number of hydrogen-bond acceptors (Lipinski definition) is 2. The summed E-state index contributed by atoms with van der Waals surface area (Å²) in [4.78, 5) is 11.7. The molecule has 1 saturated carbocycles. The summed E-state index contributed by atoms with van der Waals surface area (Å²) in [6, 6.07) is 1.07. The van der Waals surface area contributed by atoms with Gasteiger partial charge >= 0.3 is 0 Å². The Balaban J connectivity index is 1.99. The fraction of sp³-hybridized carbons (Fsp3) is 0.333. The van der Waals surface area contributed by atoms with Crippen LogP contribution in [0.25, 0.3) is 0 Å². The maximum atomic E-state index is 13.5. The summed E-state index contributed by atoms with van der Waals surface area (Å²) < 4.78 is 39.4. The summed E-state index contributed by atoms with van der Waals surface area (Å²) in [6.07, 6.45) is 2.07. The van der Waals surface area contributed by atoms with Crippen LogP contribution in [0.5, 0.6) is 0 Å². The van der Waals surface area contributed by atoms with Gasteiger partial charge in [0.15, 0.2) is 17.5 Å². The molecule has 2 aliphatic rings. The Morgan fingerprint density at radius 3 is 2.44 bits per heavy atom. The van der Waals surface area contributed by atoms with Gasteiger partial charge in [0.05, 0.1) is 12.1 Å². The highest BCUT2D eigenvalue weighted by Crippen LogP contribution is 2.36. The first-order valence-corrected chi connectivity index (χ1v) is 5.61. The first kappa shape index (κ1) is 11.3. The average Bonchev–Trinajstić information content (AvgIpc) is 3.08. The number of anilines is 1. The first-order chi connectivity index (χ1) is 8.56. The van der Waals surface area contributed by atoms with Gasteiger partial charge in [-0.05, 0) is 18.8 Å². The van der Waals surface area contributed by atoms with Crippen molar-refractivity contribution in [1.82, 2.24) is 0 Å². The molecule has 6 heteroatoms. The zero-order valence-electron chi connectivity index (χ0n) is 9.29. The molecule has 1 aliphatic heterocycles. The van der Waals surface area contributed by atoms with Crippen molar-refractivity contribution in [2.75, 3.05) is 5.01 Å². The summed E-state index contributed by atoms with van der Waals surface area (Å²) >= 11 is 0. The van der Waals surface area contributed by atoms with Crippen LogP contribution >= 0.6 is 0 Å². The van der Waals surface area contributed by atoms with E-state index in [-0.39, 0.29) is 18.0 Å².